The van der Waals surface area contributed by atoms with Crippen molar-refractivity contribution in [3.8, 4) is 0 Å². The summed E-state index contributed by atoms with van der Waals surface area (Å²) in [6.07, 6.45) is 2.34. The number of likely N-dealkylation sites (tertiary alicyclic amines) is 1. The van der Waals surface area contributed by atoms with E-state index < -0.39 is 16.1 Å². The van der Waals surface area contributed by atoms with Crippen molar-refractivity contribution in [2.45, 2.75) is 29.8 Å². The van der Waals surface area contributed by atoms with E-state index in [0.717, 1.165) is 26.2 Å². The molecule has 0 saturated carbocycles. The molecule has 3 fully saturated rings. The van der Waals surface area contributed by atoms with Crippen LogP contribution in [0, 0.1) is 0 Å². The minimum absolute atomic E-state index is 0.0172. The highest BCUT2D eigenvalue weighted by atomic mass is 35.5. The van der Waals surface area contributed by atoms with Crippen LogP contribution in [0.3, 0.4) is 0 Å². The normalized spacial score (nSPS) is 23.8. The largest absolute Gasteiger partial charge is 0.378 e. The molecule has 3 heterocycles. The summed E-state index contributed by atoms with van der Waals surface area (Å²) in [6.45, 7) is 5.73. The monoisotopic (exact) mass is 582 g/mol. The van der Waals surface area contributed by atoms with Crippen molar-refractivity contribution in [2.24, 2.45) is 0 Å². The number of piperazine rings is 1. The smallest absolute Gasteiger partial charge is 0.248 e. The first-order chi connectivity index (χ1) is 17.2. The molecule has 0 N–H and O–H groups in total. The number of ether oxygens (including phenoxy) is 2. The molecular weight excluding hydrogens is 551 g/mol. The zero-order valence-corrected chi connectivity index (χ0v) is 23.5. The van der Waals surface area contributed by atoms with Crippen LogP contribution in [0.4, 0.5) is 0 Å². The Hall–Kier alpha value is -0.690. The lowest BCUT2D eigenvalue weighted by molar-refractivity contribution is -0.139. The average molecular weight is 584 g/mol. The molecule has 1 aromatic carbocycles. The second kappa shape index (κ2) is 12.4. The summed E-state index contributed by atoms with van der Waals surface area (Å²) in [5.74, 6) is -0.0899. The Morgan fingerprint density at radius 2 is 1.67 bits per heavy atom. The number of benzene rings is 1. The number of hydrogen-bond acceptors (Lipinski definition) is 7. The SMILES string of the molecule is CN1CCC(N2CCN(C(=O)COC[C@@H]3COCCN3S(=O)(=O)c3c(Cl)cc(Cl)cc3Cl)CC2)CC1. The molecule has 1 aromatic rings. The Balaban J connectivity index is 1.29. The molecule has 3 saturated heterocycles. The molecule has 0 radical (unpaired) electrons. The van der Waals surface area contributed by atoms with Gasteiger partial charge < -0.3 is 19.3 Å². The molecule has 202 valence electrons. The molecule has 1 atom stereocenters. The first-order valence-corrected chi connectivity index (χ1v) is 14.8. The first kappa shape index (κ1) is 28.3. The van der Waals surface area contributed by atoms with Crippen LogP contribution < -0.4 is 0 Å². The number of amides is 1. The molecule has 36 heavy (non-hydrogen) atoms. The molecule has 13 heteroatoms. The molecule has 0 aromatic heterocycles. The molecule has 0 unspecified atom stereocenters. The molecule has 0 spiro atoms. The maximum atomic E-state index is 13.4. The van der Waals surface area contributed by atoms with Crippen molar-refractivity contribution >= 4 is 50.7 Å². The Bertz CT molecular complexity index is 1010. The fraction of sp³-hybridized carbons (Fsp3) is 0.696. The van der Waals surface area contributed by atoms with E-state index in [1.54, 1.807) is 0 Å². The molecule has 9 nitrogen and oxygen atoms in total. The van der Waals surface area contributed by atoms with Gasteiger partial charge in [0.15, 0.2) is 0 Å². The van der Waals surface area contributed by atoms with Crippen LogP contribution in [0.25, 0.3) is 0 Å². The van der Waals surface area contributed by atoms with Gasteiger partial charge in [-0.25, -0.2) is 8.42 Å². The van der Waals surface area contributed by atoms with Crippen molar-refractivity contribution in [2.75, 3.05) is 79.3 Å². The maximum Gasteiger partial charge on any atom is 0.248 e. The van der Waals surface area contributed by atoms with Gasteiger partial charge in [-0.2, -0.15) is 4.31 Å². The van der Waals surface area contributed by atoms with Gasteiger partial charge in [-0.05, 0) is 45.1 Å². The summed E-state index contributed by atoms with van der Waals surface area (Å²) in [7, 11) is -1.88. The summed E-state index contributed by atoms with van der Waals surface area (Å²) < 4.78 is 39.3. The lowest BCUT2D eigenvalue weighted by Crippen LogP contribution is -2.54. The number of rotatable bonds is 7. The van der Waals surface area contributed by atoms with E-state index in [4.69, 9.17) is 44.3 Å². The predicted molar refractivity (Wildman–Crippen MR) is 139 cm³/mol. The second-order valence-corrected chi connectivity index (χ2v) is 12.6. The predicted octanol–water partition coefficient (Wildman–Crippen LogP) is 2.29. The minimum atomic E-state index is -4.03. The van der Waals surface area contributed by atoms with Gasteiger partial charge in [0.1, 0.15) is 11.5 Å². The van der Waals surface area contributed by atoms with E-state index >= 15 is 0 Å². The number of morpholine rings is 1. The summed E-state index contributed by atoms with van der Waals surface area (Å²) in [5, 5.41) is 0.151. The van der Waals surface area contributed by atoms with Gasteiger partial charge in [-0.15, -0.1) is 0 Å². The van der Waals surface area contributed by atoms with E-state index in [1.165, 1.54) is 29.3 Å². The lowest BCUT2D eigenvalue weighted by Gasteiger charge is -2.42. The molecule has 4 rings (SSSR count). The van der Waals surface area contributed by atoms with E-state index in [9.17, 15) is 13.2 Å². The van der Waals surface area contributed by atoms with Crippen molar-refractivity contribution in [3.63, 3.8) is 0 Å². The zero-order valence-electron chi connectivity index (χ0n) is 20.4. The number of carbonyl (C=O) groups excluding carboxylic acids is 1. The van der Waals surface area contributed by atoms with Crippen LogP contribution >= 0.6 is 34.8 Å². The fourth-order valence-electron chi connectivity index (χ4n) is 5.05. The summed E-state index contributed by atoms with van der Waals surface area (Å²) in [6, 6.07) is 2.68. The molecule has 3 aliphatic rings. The Morgan fingerprint density at radius 1 is 1.03 bits per heavy atom. The Morgan fingerprint density at radius 3 is 2.31 bits per heavy atom. The van der Waals surface area contributed by atoms with Gasteiger partial charge in [0, 0.05) is 43.8 Å². The summed E-state index contributed by atoms with van der Waals surface area (Å²) in [4.78, 5) is 19.2. The highest BCUT2D eigenvalue weighted by molar-refractivity contribution is 7.89. The van der Waals surface area contributed by atoms with Crippen LogP contribution in [-0.4, -0.2) is 125 Å². The Labute approximate surface area is 228 Å². The van der Waals surface area contributed by atoms with E-state index in [-0.39, 0.29) is 58.8 Å². The van der Waals surface area contributed by atoms with Gasteiger partial charge in [0.05, 0.1) is 35.9 Å². The third-order valence-electron chi connectivity index (χ3n) is 7.11. The van der Waals surface area contributed by atoms with E-state index in [0.29, 0.717) is 19.1 Å². The number of sulfonamides is 1. The number of nitrogens with zero attached hydrogens (tertiary/aromatic N) is 4. The van der Waals surface area contributed by atoms with Gasteiger partial charge in [0.2, 0.25) is 15.9 Å². The van der Waals surface area contributed by atoms with Crippen LogP contribution in [0.2, 0.25) is 15.1 Å². The van der Waals surface area contributed by atoms with Crippen LogP contribution in [0.1, 0.15) is 12.8 Å². The third kappa shape index (κ3) is 6.65. The standard InChI is InChI=1S/C23H33Cl3N4O5S/c1-27-4-2-18(3-5-27)28-6-8-29(9-7-28)22(31)16-35-15-19-14-34-11-10-30(19)36(32,33)23-20(25)12-17(24)13-21(23)26/h12-13,18-19H,2-11,14-16H2,1H3/t19-/m0/s1. The highest BCUT2D eigenvalue weighted by Crippen LogP contribution is 2.35. The quantitative estimate of drug-likeness (QED) is 0.487. The second-order valence-electron chi connectivity index (χ2n) is 9.51. The summed E-state index contributed by atoms with van der Waals surface area (Å²) in [5.41, 5.74) is 0. The third-order valence-corrected chi connectivity index (χ3v) is 10.2. The topological polar surface area (TPSA) is 82.6 Å². The number of carbonyl (C=O) groups is 1. The lowest BCUT2D eigenvalue weighted by atomic mass is 10.0. The van der Waals surface area contributed by atoms with E-state index in [2.05, 4.69) is 16.8 Å². The van der Waals surface area contributed by atoms with Crippen LogP contribution in [0.5, 0.6) is 0 Å². The van der Waals surface area contributed by atoms with Crippen molar-refractivity contribution in [3.05, 3.63) is 27.2 Å². The first-order valence-electron chi connectivity index (χ1n) is 12.2. The van der Waals surface area contributed by atoms with E-state index in [1.807, 2.05) is 4.90 Å². The number of halogens is 3. The zero-order chi connectivity index (χ0) is 25.9. The molecule has 0 bridgehead atoms. The average Bonchev–Trinajstić information content (AvgIpc) is 2.84. The molecule has 3 aliphatic heterocycles. The van der Waals surface area contributed by atoms with Crippen molar-refractivity contribution < 1.29 is 22.7 Å². The van der Waals surface area contributed by atoms with Gasteiger partial charge in [0.25, 0.3) is 0 Å². The van der Waals surface area contributed by atoms with Crippen molar-refractivity contribution in [1.82, 2.24) is 19.0 Å². The maximum absolute atomic E-state index is 13.4. The minimum Gasteiger partial charge on any atom is -0.378 e. The highest BCUT2D eigenvalue weighted by Gasteiger charge is 2.37. The fourth-order valence-corrected chi connectivity index (χ4v) is 8.13. The molecule has 0 aliphatic carbocycles. The van der Waals surface area contributed by atoms with Gasteiger partial charge >= 0.3 is 0 Å². The Kier molecular flexibility index (Phi) is 9.79. The summed E-state index contributed by atoms with van der Waals surface area (Å²) >= 11 is 18.3. The van der Waals surface area contributed by atoms with Crippen molar-refractivity contribution in [1.29, 1.82) is 0 Å². The van der Waals surface area contributed by atoms with Crippen LogP contribution in [-0.2, 0) is 24.3 Å². The van der Waals surface area contributed by atoms with Crippen LogP contribution in [0.15, 0.2) is 17.0 Å². The molecular formula is C23H33Cl3N4O5S. The number of hydrogen-bond donors (Lipinski definition) is 0. The van der Waals surface area contributed by atoms with Gasteiger partial charge in [-0.3, -0.25) is 9.69 Å². The van der Waals surface area contributed by atoms with Gasteiger partial charge in [-0.1, -0.05) is 34.8 Å². The number of piperidine rings is 1. The molecule has 1 amide bonds.